The number of nitrogens with zero attached hydrogens (tertiary/aromatic N) is 1. The lowest BCUT2D eigenvalue weighted by atomic mass is 9.68. The maximum atomic E-state index is 13.8. The first-order valence-electron chi connectivity index (χ1n) is 9.46. The molecule has 1 saturated carbocycles. The summed E-state index contributed by atoms with van der Waals surface area (Å²) in [6, 6.07) is 4.94. The van der Waals surface area contributed by atoms with Gasteiger partial charge in [-0.15, -0.1) is 0 Å². The van der Waals surface area contributed by atoms with Crippen molar-refractivity contribution in [2.75, 3.05) is 26.3 Å². The predicted octanol–water partition coefficient (Wildman–Crippen LogP) is 1.64. The molecule has 2 aliphatic rings. The highest BCUT2D eigenvalue weighted by atomic mass is 19.1. The molecule has 27 heavy (non-hydrogen) atoms. The van der Waals surface area contributed by atoms with Crippen LogP contribution in [0.25, 0.3) is 0 Å². The van der Waals surface area contributed by atoms with E-state index < -0.39 is 5.54 Å². The molecular weight excluding hydrogens is 351 g/mol. The summed E-state index contributed by atoms with van der Waals surface area (Å²) in [7, 11) is 0. The number of aryl methyl sites for hydroxylation is 1. The molecule has 148 valence electrons. The van der Waals surface area contributed by atoms with E-state index in [9.17, 15) is 19.1 Å². The van der Waals surface area contributed by atoms with Gasteiger partial charge in [-0.25, -0.2) is 4.39 Å². The molecule has 1 aromatic rings. The summed E-state index contributed by atoms with van der Waals surface area (Å²) in [5.74, 6) is 0.180. The van der Waals surface area contributed by atoms with Crippen molar-refractivity contribution in [2.24, 2.45) is 11.8 Å². The highest BCUT2D eigenvalue weighted by Crippen LogP contribution is 2.39. The molecule has 0 aromatic heterocycles. The first-order chi connectivity index (χ1) is 13.0. The van der Waals surface area contributed by atoms with Gasteiger partial charge in [0, 0.05) is 19.0 Å². The highest BCUT2D eigenvalue weighted by molar-refractivity contribution is 5.80. The van der Waals surface area contributed by atoms with Crippen LogP contribution in [0.2, 0.25) is 0 Å². The largest absolute Gasteiger partial charge is 0.490 e. The Kier molecular flexibility index (Phi) is 5.99. The van der Waals surface area contributed by atoms with E-state index in [0.717, 1.165) is 18.4 Å². The molecular formula is C20H27FN2O4. The van der Waals surface area contributed by atoms with Crippen molar-refractivity contribution < 1.29 is 23.8 Å². The van der Waals surface area contributed by atoms with Crippen LogP contribution >= 0.6 is 0 Å². The van der Waals surface area contributed by atoms with Crippen LogP contribution in [0.1, 0.15) is 31.2 Å². The highest BCUT2D eigenvalue weighted by Gasteiger charge is 2.48. The Morgan fingerprint density at radius 1 is 1.41 bits per heavy atom. The lowest BCUT2D eigenvalue weighted by molar-refractivity contribution is -0.145. The van der Waals surface area contributed by atoms with Crippen LogP contribution in [0, 0.1) is 24.6 Å². The third-order valence-corrected chi connectivity index (χ3v) is 5.78. The Labute approximate surface area is 158 Å². The summed E-state index contributed by atoms with van der Waals surface area (Å²) in [5, 5.41) is 12.0. The third kappa shape index (κ3) is 4.40. The molecule has 0 radical (unpaired) electrons. The van der Waals surface area contributed by atoms with Crippen LogP contribution in [-0.4, -0.2) is 54.2 Å². The number of aliphatic hydroxyl groups is 1. The number of carbonyl (C=O) groups excluding carboxylic acids is 2. The molecule has 0 atom stereocenters. The molecule has 7 heteroatoms. The van der Waals surface area contributed by atoms with Gasteiger partial charge in [0.1, 0.15) is 0 Å². The number of hydrogen-bond acceptors (Lipinski definition) is 4. The smallest absolute Gasteiger partial charge is 0.225 e. The number of rotatable bonds is 7. The van der Waals surface area contributed by atoms with Gasteiger partial charge in [-0.3, -0.25) is 9.59 Å². The molecule has 2 fully saturated rings. The zero-order valence-corrected chi connectivity index (χ0v) is 15.6. The quantitative estimate of drug-likeness (QED) is 0.707. The third-order valence-electron chi connectivity index (χ3n) is 5.78. The van der Waals surface area contributed by atoms with E-state index in [1.807, 2.05) is 17.9 Å². The van der Waals surface area contributed by atoms with Gasteiger partial charge in [0.05, 0.1) is 18.8 Å². The summed E-state index contributed by atoms with van der Waals surface area (Å²) in [4.78, 5) is 25.1. The zero-order chi connectivity index (χ0) is 19.4. The fraction of sp³-hybridized carbons (Fsp3) is 0.600. The molecule has 1 aliphatic carbocycles. The minimum absolute atomic E-state index is 0.0933. The van der Waals surface area contributed by atoms with Crippen molar-refractivity contribution in [3.05, 3.63) is 29.6 Å². The number of aliphatic hydroxyl groups excluding tert-OH is 1. The lowest BCUT2D eigenvalue weighted by Gasteiger charge is -2.47. The molecule has 2 amide bonds. The van der Waals surface area contributed by atoms with E-state index in [1.54, 1.807) is 6.07 Å². The van der Waals surface area contributed by atoms with E-state index in [4.69, 9.17) is 4.74 Å². The molecule has 0 spiro atoms. The van der Waals surface area contributed by atoms with E-state index in [0.29, 0.717) is 44.9 Å². The molecule has 3 rings (SSSR count). The van der Waals surface area contributed by atoms with Crippen LogP contribution in [-0.2, 0) is 9.59 Å². The average Bonchev–Trinajstić information content (AvgIpc) is 2.63. The molecule has 2 N–H and O–H groups in total. The van der Waals surface area contributed by atoms with Gasteiger partial charge in [0.2, 0.25) is 12.3 Å². The fourth-order valence-electron chi connectivity index (χ4n) is 3.98. The van der Waals surface area contributed by atoms with Gasteiger partial charge in [0.25, 0.3) is 0 Å². The Morgan fingerprint density at radius 3 is 2.70 bits per heavy atom. The topological polar surface area (TPSA) is 78.9 Å². The maximum Gasteiger partial charge on any atom is 0.225 e. The van der Waals surface area contributed by atoms with Crippen molar-refractivity contribution in [2.45, 2.75) is 38.1 Å². The summed E-state index contributed by atoms with van der Waals surface area (Å²) in [6.07, 6.45) is 3.19. The fourth-order valence-corrected chi connectivity index (χ4v) is 3.98. The summed E-state index contributed by atoms with van der Waals surface area (Å²) in [5.41, 5.74) is 0.225. The molecule has 1 heterocycles. The van der Waals surface area contributed by atoms with Gasteiger partial charge < -0.3 is 20.1 Å². The van der Waals surface area contributed by atoms with Gasteiger partial charge >= 0.3 is 0 Å². The minimum atomic E-state index is -0.633. The first-order valence-corrected chi connectivity index (χ1v) is 9.46. The van der Waals surface area contributed by atoms with Crippen molar-refractivity contribution in [1.82, 2.24) is 10.2 Å². The maximum absolute atomic E-state index is 13.8. The number of ether oxygens (including phenoxy) is 1. The number of benzene rings is 1. The number of carbonyl (C=O) groups is 2. The standard InChI is InChI=1S/C20H27FN2O4/c1-14-2-3-18(17(21)8-14)27-11-15-4-6-23(7-5-15)19(26)16-9-20(10-16,12-24)22-13-25/h2-3,8,13,15-16,24H,4-7,9-12H2,1H3,(H,22,25). The molecule has 0 bridgehead atoms. The summed E-state index contributed by atoms with van der Waals surface area (Å²) >= 11 is 0. The van der Waals surface area contributed by atoms with E-state index >= 15 is 0 Å². The Hall–Kier alpha value is -2.15. The zero-order valence-electron chi connectivity index (χ0n) is 15.6. The van der Waals surface area contributed by atoms with Crippen LogP contribution in [0.5, 0.6) is 5.75 Å². The minimum Gasteiger partial charge on any atom is -0.490 e. The number of halogens is 1. The van der Waals surface area contributed by atoms with Crippen molar-refractivity contribution in [3.63, 3.8) is 0 Å². The van der Waals surface area contributed by atoms with Gasteiger partial charge in [-0.05, 0) is 56.2 Å². The Morgan fingerprint density at radius 2 is 2.11 bits per heavy atom. The summed E-state index contributed by atoms with van der Waals surface area (Å²) < 4.78 is 19.5. The Bertz CT molecular complexity index is 683. The summed E-state index contributed by atoms with van der Waals surface area (Å²) in [6.45, 7) is 3.45. The number of nitrogens with one attached hydrogen (secondary N) is 1. The SMILES string of the molecule is Cc1ccc(OCC2CCN(C(=O)C3CC(CO)(NC=O)C3)CC2)c(F)c1. The number of likely N-dealkylation sites (tertiary alicyclic amines) is 1. The first kappa shape index (κ1) is 19.6. The molecule has 6 nitrogen and oxygen atoms in total. The van der Waals surface area contributed by atoms with Gasteiger partial charge in [-0.2, -0.15) is 0 Å². The van der Waals surface area contributed by atoms with Gasteiger partial charge in [-0.1, -0.05) is 6.07 Å². The molecule has 1 aliphatic heterocycles. The Balaban J connectivity index is 1.42. The van der Waals surface area contributed by atoms with Crippen molar-refractivity contribution >= 4 is 12.3 Å². The van der Waals surface area contributed by atoms with Crippen molar-refractivity contribution in [3.8, 4) is 5.75 Å². The number of amides is 2. The molecule has 0 unspecified atom stereocenters. The number of piperidine rings is 1. The van der Waals surface area contributed by atoms with Crippen molar-refractivity contribution in [1.29, 1.82) is 0 Å². The number of hydrogen-bond donors (Lipinski definition) is 2. The second kappa shape index (κ2) is 8.25. The molecule has 1 aromatic carbocycles. The monoisotopic (exact) mass is 378 g/mol. The van der Waals surface area contributed by atoms with Crippen LogP contribution in [0.4, 0.5) is 4.39 Å². The van der Waals surface area contributed by atoms with Crippen LogP contribution in [0.3, 0.4) is 0 Å². The normalized spacial score (nSPS) is 25.6. The molecule has 1 saturated heterocycles. The van der Waals surface area contributed by atoms with E-state index in [-0.39, 0.29) is 30.0 Å². The van der Waals surface area contributed by atoms with E-state index in [2.05, 4.69) is 5.32 Å². The lowest BCUT2D eigenvalue weighted by Crippen LogP contribution is -2.61. The van der Waals surface area contributed by atoms with Gasteiger partial charge in [0.15, 0.2) is 11.6 Å². The average molecular weight is 378 g/mol. The van der Waals surface area contributed by atoms with Crippen LogP contribution < -0.4 is 10.1 Å². The second-order valence-corrected chi connectivity index (χ2v) is 7.82. The predicted molar refractivity (Wildman–Crippen MR) is 97.7 cm³/mol. The van der Waals surface area contributed by atoms with Crippen LogP contribution in [0.15, 0.2) is 18.2 Å². The second-order valence-electron chi connectivity index (χ2n) is 7.82. The van der Waals surface area contributed by atoms with E-state index in [1.165, 1.54) is 6.07 Å².